The first-order valence-electron chi connectivity index (χ1n) is 5.72. The van der Waals surface area contributed by atoms with E-state index in [0.29, 0.717) is 5.88 Å². The number of hydrogen-bond donors (Lipinski definition) is 1. The second-order valence-corrected chi connectivity index (χ2v) is 4.34. The third-order valence-corrected chi connectivity index (χ3v) is 2.28. The molecule has 0 atom stereocenters. The lowest BCUT2D eigenvalue weighted by Gasteiger charge is -2.21. The summed E-state index contributed by atoms with van der Waals surface area (Å²) >= 11 is 0. The summed E-state index contributed by atoms with van der Waals surface area (Å²) in [6, 6.07) is 0. The van der Waals surface area contributed by atoms with Crippen LogP contribution in [0.25, 0.3) is 0 Å². The van der Waals surface area contributed by atoms with Gasteiger partial charge in [-0.3, -0.25) is 0 Å². The van der Waals surface area contributed by atoms with Crippen molar-refractivity contribution < 1.29 is 4.74 Å². The van der Waals surface area contributed by atoms with Crippen LogP contribution in [0.15, 0.2) is 6.33 Å². The highest BCUT2D eigenvalue weighted by Gasteiger charge is 2.19. The SMILES string of the molecule is C#CC(C)(C)Oc1ncnc(NCCC)c1C. The summed E-state index contributed by atoms with van der Waals surface area (Å²) in [5, 5.41) is 3.22. The molecule has 0 unspecified atom stereocenters. The molecule has 0 saturated heterocycles. The zero-order valence-corrected chi connectivity index (χ0v) is 10.9. The monoisotopic (exact) mass is 233 g/mol. The Morgan fingerprint density at radius 1 is 1.47 bits per heavy atom. The zero-order valence-electron chi connectivity index (χ0n) is 10.9. The molecule has 0 aliphatic heterocycles. The average molecular weight is 233 g/mol. The molecule has 4 heteroatoms. The van der Waals surface area contributed by atoms with E-state index in [4.69, 9.17) is 11.2 Å². The van der Waals surface area contributed by atoms with Crippen LogP contribution >= 0.6 is 0 Å². The van der Waals surface area contributed by atoms with Gasteiger partial charge in [0.15, 0.2) is 5.60 Å². The highest BCUT2D eigenvalue weighted by Crippen LogP contribution is 2.23. The van der Waals surface area contributed by atoms with Gasteiger partial charge in [-0.2, -0.15) is 0 Å². The molecule has 1 heterocycles. The number of hydrogen-bond acceptors (Lipinski definition) is 4. The van der Waals surface area contributed by atoms with E-state index in [1.807, 2.05) is 20.8 Å². The molecule has 0 saturated carbocycles. The maximum absolute atomic E-state index is 5.68. The van der Waals surface area contributed by atoms with Crippen LogP contribution in [0.3, 0.4) is 0 Å². The molecule has 0 radical (unpaired) electrons. The summed E-state index contributed by atoms with van der Waals surface area (Å²) in [5.41, 5.74) is 0.213. The first kappa shape index (κ1) is 13.3. The number of rotatable bonds is 5. The van der Waals surface area contributed by atoms with Gasteiger partial charge in [-0.05, 0) is 27.2 Å². The normalized spacial score (nSPS) is 10.8. The topological polar surface area (TPSA) is 47.0 Å². The lowest BCUT2D eigenvalue weighted by molar-refractivity contribution is 0.163. The van der Waals surface area contributed by atoms with E-state index >= 15 is 0 Å². The van der Waals surface area contributed by atoms with Crippen molar-refractivity contribution >= 4 is 5.82 Å². The molecular formula is C13H19N3O. The summed E-state index contributed by atoms with van der Waals surface area (Å²) < 4.78 is 5.68. The lowest BCUT2D eigenvalue weighted by atomic mass is 10.1. The van der Waals surface area contributed by atoms with Gasteiger partial charge in [-0.15, -0.1) is 6.42 Å². The molecular weight excluding hydrogens is 214 g/mol. The quantitative estimate of drug-likeness (QED) is 0.793. The predicted molar refractivity (Wildman–Crippen MR) is 69.1 cm³/mol. The number of terminal acetylenes is 1. The van der Waals surface area contributed by atoms with E-state index < -0.39 is 5.60 Å². The van der Waals surface area contributed by atoms with E-state index in [9.17, 15) is 0 Å². The molecule has 92 valence electrons. The maximum atomic E-state index is 5.68. The van der Waals surface area contributed by atoms with Crippen molar-refractivity contribution in [3.8, 4) is 18.2 Å². The third-order valence-electron chi connectivity index (χ3n) is 2.28. The fourth-order valence-electron chi connectivity index (χ4n) is 1.23. The van der Waals surface area contributed by atoms with Crippen LogP contribution in [0.2, 0.25) is 0 Å². The van der Waals surface area contributed by atoms with E-state index in [0.717, 1.165) is 24.3 Å². The first-order chi connectivity index (χ1) is 8.00. The van der Waals surface area contributed by atoms with Crippen molar-refractivity contribution in [2.24, 2.45) is 0 Å². The molecule has 0 bridgehead atoms. The summed E-state index contributed by atoms with van der Waals surface area (Å²) in [7, 11) is 0. The molecule has 0 aromatic carbocycles. The van der Waals surface area contributed by atoms with Gasteiger partial charge in [0, 0.05) is 6.54 Å². The van der Waals surface area contributed by atoms with E-state index in [1.165, 1.54) is 6.33 Å². The summed E-state index contributed by atoms with van der Waals surface area (Å²) in [4.78, 5) is 8.29. The lowest BCUT2D eigenvalue weighted by Crippen LogP contribution is -2.26. The highest BCUT2D eigenvalue weighted by atomic mass is 16.5. The zero-order chi connectivity index (χ0) is 12.9. The Kier molecular flexibility index (Phi) is 4.33. The number of ether oxygens (including phenoxy) is 1. The Morgan fingerprint density at radius 3 is 2.76 bits per heavy atom. The third kappa shape index (κ3) is 3.63. The number of nitrogens with one attached hydrogen (secondary N) is 1. The van der Waals surface area contributed by atoms with Crippen molar-refractivity contribution in [3.63, 3.8) is 0 Å². The molecule has 1 aromatic rings. The smallest absolute Gasteiger partial charge is 0.223 e. The molecule has 0 spiro atoms. The Hall–Kier alpha value is -1.76. The Balaban J connectivity index is 2.91. The maximum Gasteiger partial charge on any atom is 0.223 e. The Bertz CT molecular complexity index is 421. The molecule has 1 rings (SSSR count). The fourth-order valence-corrected chi connectivity index (χ4v) is 1.23. The van der Waals surface area contributed by atoms with Gasteiger partial charge in [-0.1, -0.05) is 12.8 Å². The van der Waals surface area contributed by atoms with Crippen molar-refractivity contribution in [1.82, 2.24) is 9.97 Å². The Labute approximate surface area is 103 Å². The molecule has 1 aromatic heterocycles. The van der Waals surface area contributed by atoms with E-state index in [-0.39, 0.29) is 0 Å². The van der Waals surface area contributed by atoms with Gasteiger partial charge < -0.3 is 10.1 Å². The molecule has 0 amide bonds. The van der Waals surface area contributed by atoms with Crippen molar-refractivity contribution in [2.45, 2.75) is 39.7 Å². The van der Waals surface area contributed by atoms with E-state index in [2.05, 4.69) is 28.1 Å². The predicted octanol–water partition coefficient (Wildman–Crippen LogP) is 2.40. The van der Waals surface area contributed by atoms with Gasteiger partial charge in [0.1, 0.15) is 12.1 Å². The Morgan fingerprint density at radius 2 is 2.18 bits per heavy atom. The minimum Gasteiger partial charge on any atom is -0.458 e. The van der Waals surface area contributed by atoms with Crippen LogP contribution in [0.5, 0.6) is 5.88 Å². The van der Waals surface area contributed by atoms with Crippen LogP contribution < -0.4 is 10.1 Å². The van der Waals surface area contributed by atoms with Gasteiger partial charge in [-0.25, -0.2) is 9.97 Å². The second-order valence-electron chi connectivity index (χ2n) is 4.34. The average Bonchev–Trinajstić information content (AvgIpc) is 2.30. The van der Waals surface area contributed by atoms with Crippen LogP contribution in [-0.2, 0) is 0 Å². The molecule has 0 fully saturated rings. The molecule has 17 heavy (non-hydrogen) atoms. The van der Waals surface area contributed by atoms with Crippen molar-refractivity contribution in [1.29, 1.82) is 0 Å². The largest absolute Gasteiger partial charge is 0.458 e. The molecule has 0 aliphatic carbocycles. The van der Waals surface area contributed by atoms with Crippen LogP contribution in [0.4, 0.5) is 5.82 Å². The highest BCUT2D eigenvalue weighted by molar-refractivity contribution is 5.47. The summed E-state index contributed by atoms with van der Waals surface area (Å²) in [5.74, 6) is 3.90. The van der Waals surface area contributed by atoms with Gasteiger partial charge in [0.2, 0.25) is 5.88 Å². The van der Waals surface area contributed by atoms with Crippen LogP contribution in [-0.4, -0.2) is 22.1 Å². The van der Waals surface area contributed by atoms with Gasteiger partial charge in [0.25, 0.3) is 0 Å². The van der Waals surface area contributed by atoms with Gasteiger partial charge in [0.05, 0.1) is 5.56 Å². The van der Waals surface area contributed by atoms with Crippen molar-refractivity contribution in [2.75, 3.05) is 11.9 Å². The van der Waals surface area contributed by atoms with Gasteiger partial charge >= 0.3 is 0 Å². The standard InChI is InChI=1S/C13H19N3O/c1-6-8-14-11-10(3)12(16-9-15-11)17-13(4,5)7-2/h2,9H,6,8H2,1,3-5H3,(H,14,15,16). The summed E-state index contributed by atoms with van der Waals surface area (Å²) in [6.07, 6.45) is 7.90. The molecule has 0 aliphatic rings. The number of anilines is 1. The van der Waals surface area contributed by atoms with Crippen LogP contribution in [0.1, 0.15) is 32.8 Å². The van der Waals surface area contributed by atoms with Crippen molar-refractivity contribution in [3.05, 3.63) is 11.9 Å². The number of aromatic nitrogens is 2. The minimum absolute atomic E-state index is 0.529. The summed E-state index contributed by atoms with van der Waals surface area (Å²) in [6.45, 7) is 8.54. The number of nitrogens with zero attached hydrogens (tertiary/aromatic N) is 2. The molecule has 1 N–H and O–H groups in total. The van der Waals surface area contributed by atoms with Crippen LogP contribution in [0, 0.1) is 19.3 Å². The second kappa shape index (κ2) is 5.53. The minimum atomic E-state index is -0.666. The first-order valence-corrected chi connectivity index (χ1v) is 5.72. The van der Waals surface area contributed by atoms with E-state index in [1.54, 1.807) is 0 Å². The fraction of sp³-hybridized carbons (Fsp3) is 0.538. The molecule has 4 nitrogen and oxygen atoms in total.